The van der Waals surface area contributed by atoms with Gasteiger partial charge < -0.3 is 16.0 Å². The van der Waals surface area contributed by atoms with Gasteiger partial charge in [0.2, 0.25) is 0 Å². The third-order valence-corrected chi connectivity index (χ3v) is 4.69. The number of rotatable bonds is 6. The van der Waals surface area contributed by atoms with Crippen molar-refractivity contribution < 1.29 is 0 Å². The van der Waals surface area contributed by atoms with Gasteiger partial charge in [-0.1, -0.05) is 30.7 Å². The Bertz CT molecular complexity index is 694. The fourth-order valence-corrected chi connectivity index (χ4v) is 3.31. The highest BCUT2D eigenvalue weighted by Crippen LogP contribution is 2.25. The van der Waals surface area contributed by atoms with Crippen molar-refractivity contribution in [2.24, 2.45) is 0 Å². The first kappa shape index (κ1) is 17.5. The molecule has 0 spiro atoms. The Morgan fingerprint density at radius 1 is 1.08 bits per heavy atom. The predicted octanol–water partition coefficient (Wildman–Crippen LogP) is 2.72. The van der Waals surface area contributed by atoms with Crippen LogP contribution < -0.4 is 16.0 Å². The second-order valence-electron chi connectivity index (χ2n) is 6.81. The maximum Gasteiger partial charge on any atom is 0.156 e. The first-order valence-corrected chi connectivity index (χ1v) is 8.96. The maximum atomic E-state index is 6.20. The van der Waals surface area contributed by atoms with Crippen LogP contribution in [-0.4, -0.2) is 42.1 Å². The van der Waals surface area contributed by atoms with Crippen LogP contribution in [0.3, 0.4) is 0 Å². The summed E-state index contributed by atoms with van der Waals surface area (Å²) in [6.07, 6.45) is 5.53. The van der Waals surface area contributed by atoms with E-state index in [4.69, 9.17) is 5.73 Å². The molecule has 0 saturated carbocycles. The van der Waals surface area contributed by atoms with Crippen molar-refractivity contribution in [3.63, 3.8) is 0 Å². The van der Waals surface area contributed by atoms with Crippen LogP contribution in [0.4, 0.5) is 17.3 Å². The Kier molecular flexibility index (Phi) is 5.71. The molecule has 1 aromatic heterocycles. The molecule has 6 heteroatoms. The average Bonchev–Trinajstić information content (AvgIpc) is 2.62. The first-order chi connectivity index (χ1) is 12.1. The van der Waals surface area contributed by atoms with E-state index in [0.29, 0.717) is 18.1 Å². The van der Waals surface area contributed by atoms with Crippen molar-refractivity contribution in [1.29, 1.82) is 0 Å². The highest BCUT2D eigenvalue weighted by molar-refractivity contribution is 5.74. The van der Waals surface area contributed by atoms with Crippen LogP contribution in [0.5, 0.6) is 0 Å². The molecule has 1 saturated heterocycles. The van der Waals surface area contributed by atoms with Gasteiger partial charge in [-0.15, -0.1) is 0 Å². The summed E-state index contributed by atoms with van der Waals surface area (Å²) < 4.78 is 0. The number of benzene rings is 1. The van der Waals surface area contributed by atoms with Crippen molar-refractivity contribution in [2.45, 2.75) is 32.4 Å². The minimum Gasteiger partial charge on any atom is -0.393 e. The number of anilines is 3. The van der Waals surface area contributed by atoms with Gasteiger partial charge in [-0.05, 0) is 37.1 Å². The summed E-state index contributed by atoms with van der Waals surface area (Å²) in [5.41, 5.74) is 9.44. The van der Waals surface area contributed by atoms with E-state index >= 15 is 0 Å². The molecule has 1 fully saturated rings. The van der Waals surface area contributed by atoms with Crippen LogP contribution in [0.15, 0.2) is 30.6 Å². The molecule has 6 nitrogen and oxygen atoms in total. The number of piperidine rings is 1. The van der Waals surface area contributed by atoms with Gasteiger partial charge in [-0.25, -0.2) is 9.97 Å². The van der Waals surface area contributed by atoms with E-state index in [1.165, 1.54) is 43.5 Å². The van der Waals surface area contributed by atoms with Crippen LogP contribution in [0.25, 0.3) is 0 Å². The summed E-state index contributed by atoms with van der Waals surface area (Å²) in [6, 6.07) is 8.61. The molecule has 0 unspecified atom stereocenters. The number of nitrogens with two attached hydrogens (primary N) is 1. The molecule has 25 heavy (non-hydrogen) atoms. The molecule has 3 rings (SSSR count). The Labute approximate surface area is 150 Å². The van der Waals surface area contributed by atoms with Gasteiger partial charge in [0.05, 0.1) is 0 Å². The second-order valence-corrected chi connectivity index (χ2v) is 6.81. The third-order valence-electron chi connectivity index (χ3n) is 4.69. The summed E-state index contributed by atoms with van der Waals surface area (Å²) in [5.74, 6) is 1.42. The van der Waals surface area contributed by atoms with Gasteiger partial charge in [-0.3, -0.25) is 4.90 Å². The second kappa shape index (κ2) is 8.16. The summed E-state index contributed by atoms with van der Waals surface area (Å²) in [4.78, 5) is 13.0. The quantitative estimate of drug-likeness (QED) is 0.842. The standard InChI is InChI=1S/C19H28N6/c1-24(2)19-17(20)18(22-14-23-19)21-12-15-8-4-5-9-16(15)13-25-10-6-3-7-11-25/h4-5,8-9,14H,3,6-7,10-13,20H2,1-2H3,(H,21,22,23). The van der Waals surface area contributed by atoms with E-state index in [-0.39, 0.29) is 0 Å². The Hall–Kier alpha value is -2.34. The lowest BCUT2D eigenvalue weighted by atomic mass is 10.0. The highest BCUT2D eigenvalue weighted by Gasteiger charge is 2.13. The molecule has 0 radical (unpaired) electrons. The number of nitrogens with one attached hydrogen (secondary N) is 1. The molecule has 1 aromatic carbocycles. The minimum absolute atomic E-state index is 0.584. The van der Waals surface area contributed by atoms with E-state index in [1.807, 2.05) is 19.0 Å². The zero-order valence-corrected chi connectivity index (χ0v) is 15.2. The number of likely N-dealkylation sites (tertiary alicyclic amines) is 1. The first-order valence-electron chi connectivity index (χ1n) is 8.96. The van der Waals surface area contributed by atoms with Crippen LogP contribution in [0.1, 0.15) is 30.4 Å². The summed E-state index contributed by atoms with van der Waals surface area (Å²) >= 11 is 0. The number of aromatic nitrogens is 2. The van der Waals surface area contributed by atoms with Crippen molar-refractivity contribution in [1.82, 2.24) is 14.9 Å². The lowest BCUT2D eigenvalue weighted by molar-refractivity contribution is 0.220. The monoisotopic (exact) mass is 340 g/mol. The normalized spacial score (nSPS) is 15.1. The van der Waals surface area contributed by atoms with Crippen LogP contribution >= 0.6 is 0 Å². The van der Waals surface area contributed by atoms with Crippen molar-refractivity contribution in [3.8, 4) is 0 Å². The van der Waals surface area contributed by atoms with E-state index in [0.717, 1.165) is 12.4 Å². The number of nitrogens with zero attached hydrogens (tertiary/aromatic N) is 4. The van der Waals surface area contributed by atoms with Crippen molar-refractivity contribution >= 4 is 17.3 Å². The largest absolute Gasteiger partial charge is 0.393 e. The predicted molar refractivity (Wildman–Crippen MR) is 104 cm³/mol. The number of hydrogen-bond donors (Lipinski definition) is 2. The minimum atomic E-state index is 0.584. The molecule has 3 N–H and O–H groups in total. The Morgan fingerprint density at radius 2 is 1.80 bits per heavy atom. The zero-order chi connectivity index (χ0) is 17.6. The van der Waals surface area contributed by atoms with Gasteiger partial charge in [0.1, 0.15) is 12.0 Å². The molecule has 0 atom stereocenters. The van der Waals surface area contributed by atoms with Gasteiger partial charge in [0, 0.05) is 27.2 Å². The maximum absolute atomic E-state index is 6.20. The van der Waals surface area contributed by atoms with Gasteiger partial charge in [0.25, 0.3) is 0 Å². The van der Waals surface area contributed by atoms with Gasteiger partial charge >= 0.3 is 0 Å². The topological polar surface area (TPSA) is 70.3 Å². The molecular weight excluding hydrogens is 312 g/mol. The molecule has 2 aromatic rings. The van der Waals surface area contributed by atoms with Crippen LogP contribution in [0.2, 0.25) is 0 Å². The summed E-state index contributed by atoms with van der Waals surface area (Å²) in [6.45, 7) is 4.12. The van der Waals surface area contributed by atoms with Crippen molar-refractivity contribution in [2.75, 3.05) is 43.1 Å². The fourth-order valence-electron chi connectivity index (χ4n) is 3.31. The van der Waals surface area contributed by atoms with E-state index in [1.54, 1.807) is 6.33 Å². The highest BCUT2D eigenvalue weighted by atomic mass is 15.2. The van der Waals surface area contributed by atoms with Gasteiger partial charge in [0.15, 0.2) is 11.6 Å². The molecule has 2 heterocycles. The lowest BCUT2D eigenvalue weighted by Gasteiger charge is -2.27. The van der Waals surface area contributed by atoms with Crippen LogP contribution in [-0.2, 0) is 13.1 Å². The van der Waals surface area contributed by atoms with E-state index in [2.05, 4.69) is 44.5 Å². The molecule has 1 aliphatic heterocycles. The lowest BCUT2D eigenvalue weighted by Crippen LogP contribution is -2.29. The summed E-state index contributed by atoms with van der Waals surface area (Å²) in [5, 5.41) is 3.38. The number of nitrogen functional groups attached to an aromatic ring is 1. The molecular formula is C19H28N6. The SMILES string of the molecule is CN(C)c1ncnc(NCc2ccccc2CN2CCCCC2)c1N. The number of hydrogen-bond acceptors (Lipinski definition) is 6. The smallest absolute Gasteiger partial charge is 0.156 e. The fraction of sp³-hybridized carbons (Fsp3) is 0.474. The summed E-state index contributed by atoms with van der Waals surface area (Å²) in [7, 11) is 3.85. The molecule has 0 bridgehead atoms. The van der Waals surface area contributed by atoms with E-state index < -0.39 is 0 Å². The molecule has 0 amide bonds. The average molecular weight is 340 g/mol. The molecule has 0 aliphatic carbocycles. The molecule has 1 aliphatic rings. The van der Waals surface area contributed by atoms with Crippen molar-refractivity contribution in [3.05, 3.63) is 41.7 Å². The van der Waals surface area contributed by atoms with E-state index in [9.17, 15) is 0 Å². The van der Waals surface area contributed by atoms with Crippen LogP contribution in [0, 0.1) is 0 Å². The van der Waals surface area contributed by atoms with Gasteiger partial charge in [-0.2, -0.15) is 0 Å². The zero-order valence-electron chi connectivity index (χ0n) is 15.2. The Morgan fingerprint density at radius 3 is 2.52 bits per heavy atom. The third kappa shape index (κ3) is 4.39. The molecule has 134 valence electrons. The Balaban J connectivity index is 1.70.